The van der Waals surface area contributed by atoms with Crippen molar-refractivity contribution in [2.75, 3.05) is 5.32 Å². The summed E-state index contributed by atoms with van der Waals surface area (Å²) >= 11 is 1.47. The van der Waals surface area contributed by atoms with Crippen molar-refractivity contribution in [1.82, 2.24) is 10.3 Å². The van der Waals surface area contributed by atoms with Crippen molar-refractivity contribution in [2.24, 2.45) is 0 Å². The Morgan fingerprint density at radius 1 is 1.30 bits per heavy atom. The second-order valence-corrected chi connectivity index (χ2v) is 5.90. The van der Waals surface area contributed by atoms with Gasteiger partial charge in [-0.25, -0.2) is 14.2 Å². The Labute approximate surface area is 136 Å². The lowest BCUT2D eigenvalue weighted by molar-refractivity contribution is 0.252. The number of hydrogen-bond acceptors (Lipinski definition) is 4. The van der Waals surface area contributed by atoms with Crippen LogP contribution in [-0.2, 0) is 6.54 Å². The molecule has 1 aromatic carbocycles. The van der Waals surface area contributed by atoms with Crippen LogP contribution in [0.5, 0.6) is 0 Å². The van der Waals surface area contributed by atoms with Gasteiger partial charge >= 0.3 is 6.03 Å². The predicted molar refractivity (Wildman–Crippen MR) is 86.8 cm³/mol. The number of rotatable bonds is 4. The van der Waals surface area contributed by atoms with Crippen LogP contribution in [0.3, 0.4) is 0 Å². The van der Waals surface area contributed by atoms with Crippen molar-refractivity contribution in [3.63, 3.8) is 0 Å². The van der Waals surface area contributed by atoms with E-state index in [1.807, 2.05) is 13.0 Å². The number of urea groups is 1. The van der Waals surface area contributed by atoms with Gasteiger partial charge in [-0.15, -0.1) is 11.3 Å². The summed E-state index contributed by atoms with van der Waals surface area (Å²) in [7, 11) is 0. The maximum Gasteiger partial charge on any atom is 0.319 e. The number of benzene rings is 1. The normalized spacial score (nSPS) is 10.5. The number of carbonyl (C=O) groups excluding carboxylic acids is 1. The van der Waals surface area contributed by atoms with Crippen LogP contribution in [0.4, 0.5) is 14.9 Å². The third-order valence-corrected chi connectivity index (χ3v) is 4.31. The van der Waals surface area contributed by atoms with Crippen molar-refractivity contribution >= 4 is 23.1 Å². The van der Waals surface area contributed by atoms with Gasteiger partial charge in [0, 0.05) is 10.6 Å². The molecule has 7 heteroatoms. The Morgan fingerprint density at radius 2 is 2.09 bits per heavy atom. The molecule has 0 unspecified atom stereocenters. The Morgan fingerprint density at radius 3 is 2.78 bits per heavy atom. The zero-order valence-corrected chi connectivity index (χ0v) is 13.1. The molecule has 3 aromatic rings. The van der Waals surface area contributed by atoms with E-state index in [0.717, 1.165) is 15.6 Å². The van der Waals surface area contributed by atoms with E-state index in [1.165, 1.54) is 35.6 Å². The molecule has 0 atom stereocenters. The molecule has 0 bridgehead atoms. The summed E-state index contributed by atoms with van der Waals surface area (Å²) in [5, 5.41) is 6.18. The highest BCUT2D eigenvalue weighted by atomic mass is 32.1. The van der Waals surface area contributed by atoms with Gasteiger partial charge in [-0.05, 0) is 43.3 Å². The number of amides is 2. The number of anilines is 1. The molecule has 3 rings (SSSR count). The highest BCUT2D eigenvalue weighted by Gasteiger charge is 2.12. The molecule has 2 heterocycles. The molecule has 0 aliphatic rings. The topological polar surface area (TPSA) is 67.2 Å². The fourth-order valence-electron chi connectivity index (χ4n) is 1.97. The van der Waals surface area contributed by atoms with Crippen LogP contribution in [0.25, 0.3) is 10.8 Å². The van der Waals surface area contributed by atoms with Crippen LogP contribution in [0.1, 0.15) is 10.6 Å². The summed E-state index contributed by atoms with van der Waals surface area (Å²) in [6.07, 6.45) is 1.60. The van der Waals surface area contributed by atoms with E-state index in [-0.39, 0.29) is 11.8 Å². The fourth-order valence-corrected chi connectivity index (χ4v) is 2.94. The summed E-state index contributed by atoms with van der Waals surface area (Å²) in [5.74, 6) is 0.363. The molecule has 0 saturated heterocycles. The SMILES string of the molecule is Cc1nc(-c2ccco2)sc1CNC(=O)Nc1ccc(F)cc1. The summed E-state index contributed by atoms with van der Waals surface area (Å²) in [4.78, 5) is 17.3. The van der Waals surface area contributed by atoms with Crippen molar-refractivity contribution in [1.29, 1.82) is 0 Å². The molecule has 0 radical (unpaired) electrons. The summed E-state index contributed by atoms with van der Waals surface area (Å²) in [5.41, 5.74) is 1.38. The maximum absolute atomic E-state index is 12.8. The van der Waals surface area contributed by atoms with Gasteiger partial charge in [0.2, 0.25) is 0 Å². The molecule has 0 saturated carbocycles. The molecule has 2 N–H and O–H groups in total. The van der Waals surface area contributed by atoms with E-state index >= 15 is 0 Å². The number of furan rings is 1. The van der Waals surface area contributed by atoms with Crippen LogP contribution in [0, 0.1) is 12.7 Å². The summed E-state index contributed by atoms with van der Waals surface area (Å²) < 4.78 is 18.1. The second kappa shape index (κ2) is 6.62. The van der Waals surface area contributed by atoms with E-state index in [2.05, 4.69) is 15.6 Å². The Bertz CT molecular complexity index is 797. The van der Waals surface area contributed by atoms with Crippen molar-refractivity contribution in [2.45, 2.75) is 13.5 Å². The fraction of sp³-hybridized carbons (Fsp3) is 0.125. The lowest BCUT2D eigenvalue weighted by Crippen LogP contribution is -2.28. The first-order valence-corrected chi connectivity index (χ1v) is 7.74. The Kier molecular flexibility index (Phi) is 4.38. The first-order valence-electron chi connectivity index (χ1n) is 6.92. The summed E-state index contributed by atoms with van der Waals surface area (Å²) in [6, 6.07) is 8.88. The number of halogens is 1. The average molecular weight is 331 g/mol. The third kappa shape index (κ3) is 3.75. The van der Waals surface area contributed by atoms with Crippen LogP contribution in [0.2, 0.25) is 0 Å². The molecule has 2 aromatic heterocycles. The van der Waals surface area contributed by atoms with Gasteiger partial charge in [-0.1, -0.05) is 0 Å². The predicted octanol–water partition coefficient (Wildman–Crippen LogP) is 4.17. The molecular weight excluding hydrogens is 317 g/mol. The number of aromatic nitrogens is 1. The highest BCUT2D eigenvalue weighted by Crippen LogP contribution is 2.28. The van der Waals surface area contributed by atoms with Crippen LogP contribution in [0.15, 0.2) is 47.1 Å². The van der Waals surface area contributed by atoms with E-state index < -0.39 is 0 Å². The molecule has 118 valence electrons. The Hall–Kier alpha value is -2.67. The average Bonchev–Trinajstić information content (AvgIpc) is 3.17. The molecule has 5 nitrogen and oxygen atoms in total. The number of thiazole rings is 1. The van der Waals surface area contributed by atoms with Crippen molar-refractivity contribution in [3.05, 3.63) is 59.0 Å². The molecule has 0 aliphatic carbocycles. The molecule has 0 spiro atoms. The van der Waals surface area contributed by atoms with Crippen LogP contribution in [-0.4, -0.2) is 11.0 Å². The van der Waals surface area contributed by atoms with Gasteiger partial charge in [0.15, 0.2) is 10.8 Å². The van der Waals surface area contributed by atoms with E-state index in [4.69, 9.17) is 4.42 Å². The minimum absolute atomic E-state index is 0.346. The van der Waals surface area contributed by atoms with Crippen LogP contribution >= 0.6 is 11.3 Å². The van der Waals surface area contributed by atoms with E-state index in [1.54, 1.807) is 12.3 Å². The molecular formula is C16H14FN3O2S. The second-order valence-electron chi connectivity index (χ2n) is 4.82. The standard InChI is InChI=1S/C16H14FN3O2S/c1-10-14(23-15(19-10)13-3-2-8-22-13)9-18-16(21)20-12-6-4-11(17)5-7-12/h2-8H,9H2,1H3,(H2,18,20,21). The third-order valence-electron chi connectivity index (χ3n) is 3.14. The lowest BCUT2D eigenvalue weighted by atomic mass is 10.3. The number of nitrogens with one attached hydrogen (secondary N) is 2. The lowest BCUT2D eigenvalue weighted by Gasteiger charge is -2.06. The minimum Gasteiger partial charge on any atom is -0.462 e. The number of hydrogen-bond donors (Lipinski definition) is 2. The minimum atomic E-state index is -0.357. The maximum atomic E-state index is 12.8. The van der Waals surface area contributed by atoms with Gasteiger partial charge < -0.3 is 15.1 Å². The zero-order valence-electron chi connectivity index (χ0n) is 12.3. The first kappa shape index (κ1) is 15.2. The number of aryl methyl sites for hydroxylation is 1. The van der Waals surface area contributed by atoms with E-state index in [0.29, 0.717) is 18.0 Å². The number of carbonyl (C=O) groups is 1. The van der Waals surface area contributed by atoms with Crippen molar-refractivity contribution < 1.29 is 13.6 Å². The first-order chi connectivity index (χ1) is 11.1. The van der Waals surface area contributed by atoms with E-state index in [9.17, 15) is 9.18 Å². The highest BCUT2D eigenvalue weighted by molar-refractivity contribution is 7.15. The van der Waals surface area contributed by atoms with Gasteiger partial charge in [0.25, 0.3) is 0 Å². The number of nitrogens with zero attached hydrogens (tertiary/aromatic N) is 1. The van der Waals surface area contributed by atoms with Gasteiger partial charge in [0.05, 0.1) is 18.5 Å². The molecule has 0 aliphatic heterocycles. The van der Waals surface area contributed by atoms with Gasteiger partial charge in [-0.2, -0.15) is 0 Å². The zero-order chi connectivity index (χ0) is 16.2. The molecule has 23 heavy (non-hydrogen) atoms. The Balaban J connectivity index is 1.59. The van der Waals surface area contributed by atoms with Crippen molar-refractivity contribution in [3.8, 4) is 10.8 Å². The van der Waals surface area contributed by atoms with Gasteiger partial charge in [-0.3, -0.25) is 0 Å². The quantitative estimate of drug-likeness (QED) is 0.754. The monoisotopic (exact) mass is 331 g/mol. The molecule has 0 fully saturated rings. The van der Waals surface area contributed by atoms with Gasteiger partial charge in [0.1, 0.15) is 5.82 Å². The smallest absolute Gasteiger partial charge is 0.319 e. The largest absolute Gasteiger partial charge is 0.462 e. The molecule has 2 amide bonds. The summed E-state index contributed by atoms with van der Waals surface area (Å²) in [6.45, 7) is 2.25. The van der Waals surface area contributed by atoms with Crippen LogP contribution < -0.4 is 10.6 Å².